The molecule has 2 aromatic rings. The smallest absolute Gasteiger partial charge is 0.411 e. The number of nitriles is 2. The van der Waals surface area contributed by atoms with Gasteiger partial charge in [-0.25, -0.2) is 9.59 Å². The van der Waals surface area contributed by atoms with Crippen molar-refractivity contribution in [3.05, 3.63) is 110 Å². The van der Waals surface area contributed by atoms with E-state index < -0.39 is 17.5 Å². The standard InChI is InChI=1S/C18H22N2O4.C8H8.C7H11N.C4H8S.C3H8S.C2H6/c1-13(2)16(21)23-8-9-24-17(22)20-15-7-5-6-14(10-15)11-18(3,4)12-19;1-2-8-6-4-3-5-7-8;1-4-5-7(2,3)6-8;1-3-4-5-2;1-3-4-2;1-2/h5-7,10H,1,8-9,11H2,2-4H3,(H,20,22);2-7H,1H2;4H,1,5H2,2-3H3;3H,1,4H2,2H3;3H2,1-2H3;1-2H3. The summed E-state index contributed by atoms with van der Waals surface area (Å²) in [6.07, 6.45) is 10.3. The molecular weight excluding hydrogens is 675 g/mol. The molecule has 0 unspecified atom stereocenters. The number of thioether (sulfide) groups is 2. The minimum absolute atomic E-state index is 0.0322. The molecule has 0 saturated carbocycles. The summed E-state index contributed by atoms with van der Waals surface area (Å²) in [7, 11) is 0. The highest BCUT2D eigenvalue weighted by Crippen LogP contribution is 2.22. The Kier molecular flexibility index (Phi) is 37.5. The zero-order valence-corrected chi connectivity index (χ0v) is 34.5. The SMILES string of the molecule is C=C(C)C(=O)OCCOC(=O)Nc1cccc(CC(C)(C)C#N)c1.C=CCC(C)(C)C#N.C=CCSC.C=Cc1ccccc1.CC.CCSC. The van der Waals surface area contributed by atoms with E-state index in [9.17, 15) is 9.59 Å². The molecule has 7 nitrogen and oxygen atoms in total. The Hall–Kier alpha value is -4.18. The summed E-state index contributed by atoms with van der Waals surface area (Å²) in [4.78, 5) is 22.9. The number of hydrogen-bond donors (Lipinski definition) is 1. The maximum atomic E-state index is 11.7. The number of hydrogen-bond acceptors (Lipinski definition) is 8. The lowest BCUT2D eigenvalue weighted by molar-refractivity contribution is -0.139. The summed E-state index contributed by atoms with van der Waals surface area (Å²) in [5.74, 6) is 1.78. The molecule has 0 spiro atoms. The van der Waals surface area contributed by atoms with Gasteiger partial charge >= 0.3 is 12.1 Å². The van der Waals surface area contributed by atoms with Gasteiger partial charge in [-0.3, -0.25) is 5.32 Å². The van der Waals surface area contributed by atoms with Crippen LogP contribution in [0.25, 0.3) is 6.08 Å². The predicted octanol–water partition coefficient (Wildman–Crippen LogP) is 11.8. The molecule has 51 heavy (non-hydrogen) atoms. The van der Waals surface area contributed by atoms with E-state index >= 15 is 0 Å². The summed E-state index contributed by atoms with van der Waals surface area (Å²) in [6.45, 7) is 29.3. The first-order valence-electron chi connectivity index (χ1n) is 16.7. The van der Waals surface area contributed by atoms with Gasteiger partial charge in [0.25, 0.3) is 0 Å². The second kappa shape index (κ2) is 35.6. The number of nitrogens with one attached hydrogen (secondary N) is 1. The second-order valence-electron chi connectivity index (χ2n) is 11.5. The highest BCUT2D eigenvalue weighted by molar-refractivity contribution is 7.98. The van der Waals surface area contributed by atoms with Gasteiger partial charge in [0, 0.05) is 17.0 Å². The third-order valence-corrected chi connectivity index (χ3v) is 6.73. The van der Waals surface area contributed by atoms with Crippen molar-refractivity contribution in [1.29, 1.82) is 10.5 Å². The maximum Gasteiger partial charge on any atom is 0.411 e. The molecular formula is C42H63N3O4S2. The molecule has 2 rings (SSSR count). The van der Waals surface area contributed by atoms with Crippen LogP contribution in [0.2, 0.25) is 0 Å². The topological polar surface area (TPSA) is 112 Å². The zero-order valence-electron chi connectivity index (χ0n) is 32.8. The monoisotopic (exact) mass is 737 g/mol. The van der Waals surface area contributed by atoms with Crippen LogP contribution in [0.4, 0.5) is 10.5 Å². The Labute approximate surface area is 319 Å². The van der Waals surface area contributed by atoms with Crippen molar-refractivity contribution < 1.29 is 19.1 Å². The van der Waals surface area contributed by atoms with E-state index in [-0.39, 0.29) is 24.2 Å². The van der Waals surface area contributed by atoms with E-state index in [1.807, 2.05) is 102 Å². The number of rotatable bonds is 13. The maximum absolute atomic E-state index is 11.7. The van der Waals surface area contributed by atoms with Gasteiger partial charge in [-0.05, 0) is 89.0 Å². The quantitative estimate of drug-likeness (QED) is 0.0935. The summed E-state index contributed by atoms with van der Waals surface area (Å²) in [5.41, 5.74) is 2.28. The summed E-state index contributed by atoms with van der Waals surface area (Å²) in [5, 5.41) is 20.1. The molecule has 0 radical (unpaired) electrons. The lowest BCUT2D eigenvalue weighted by Crippen LogP contribution is -2.18. The van der Waals surface area contributed by atoms with E-state index in [2.05, 4.69) is 63.2 Å². The molecule has 0 saturated heterocycles. The molecule has 0 fully saturated rings. The number of anilines is 1. The van der Waals surface area contributed by atoms with Gasteiger partial charge in [0.2, 0.25) is 0 Å². The van der Waals surface area contributed by atoms with Crippen molar-refractivity contribution in [2.75, 3.05) is 42.5 Å². The average Bonchev–Trinajstić information content (AvgIpc) is 3.12. The van der Waals surface area contributed by atoms with E-state index in [0.29, 0.717) is 12.1 Å². The molecule has 1 N–H and O–H groups in total. The first kappa shape index (κ1) is 53.6. The van der Waals surface area contributed by atoms with Crippen LogP contribution in [0.5, 0.6) is 0 Å². The molecule has 2 aromatic carbocycles. The molecule has 0 bridgehead atoms. The van der Waals surface area contributed by atoms with Gasteiger partial charge in [0.1, 0.15) is 13.2 Å². The lowest BCUT2D eigenvalue weighted by atomic mass is 9.87. The van der Waals surface area contributed by atoms with E-state index in [0.717, 1.165) is 17.7 Å². The van der Waals surface area contributed by atoms with Gasteiger partial charge in [0.15, 0.2) is 0 Å². The fourth-order valence-corrected chi connectivity index (χ4v) is 3.20. The average molecular weight is 738 g/mol. The van der Waals surface area contributed by atoms with Crippen molar-refractivity contribution in [2.24, 2.45) is 10.8 Å². The number of nitrogens with zero attached hydrogens (tertiary/aromatic N) is 2. The van der Waals surface area contributed by atoms with Crippen LogP contribution in [0.15, 0.2) is 98.6 Å². The molecule has 0 atom stereocenters. The van der Waals surface area contributed by atoms with Crippen LogP contribution in [0, 0.1) is 33.5 Å². The fourth-order valence-electron chi connectivity index (χ4n) is 2.97. The minimum Gasteiger partial charge on any atom is -0.459 e. The van der Waals surface area contributed by atoms with Gasteiger partial charge in [-0.2, -0.15) is 34.0 Å². The Morgan fingerprint density at radius 2 is 1.41 bits per heavy atom. The molecule has 0 aromatic heterocycles. The van der Waals surface area contributed by atoms with Crippen LogP contribution in [-0.2, 0) is 20.7 Å². The largest absolute Gasteiger partial charge is 0.459 e. The summed E-state index contributed by atoms with van der Waals surface area (Å²) in [6, 6.07) is 21.7. The molecule has 0 aliphatic carbocycles. The summed E-state index contributed by atoms with van der Waals surface area (Å²) >= 11 is 3.64. The van der Waals surface area contributed by atoms with Crippen molar-refractivity contribution in [2.45, 2.75) is 68.2 Å². The van der Waals surface area contributed by atoms with E-state index in [1.165, 1.54) is 18.2 Å². The van der Waals surface area contributed by atoms with Crippen LogP contribution < -0.4 is 5.32 Å². The molecule has 0 heterocycles. The number of benzene rings is 2. The Morgan fingerprint density at radius 3 is 1.78 bits per heavy atom. The Balaban J connectivity index is -0.000000331. The summed E-state index contributed by atoms with van der Waals surface area (Å²) < 4.78 is 9.75. The highest BCUT2D eigenvalue weighted by atomic mass is 32.2. The zero-order chi connectivity index (χ0) is 40.1. The third kappa shape index (κ3) is 36.9. The van der Waals surface area contributed by atoms with E-state index in [1.54, 1.807) is 36.0 Å². The first-order chi connectivity index (χ1) is 24.1. The number of carbonyl (C=O) groups excluding carboxylic acids is 2. The Bertz CT molecular complexity index is 1330. The number of carbonyl (C=O) groups is 2. The molecule has 0 aliphatic rings. The normalized spacial score (nSPS) is 9.25. The van der Waals surface area contributed by atoms with Crippen LogP contribution in [-0.4, -0.2) is 49.3 Å². The van der Waals surface area contributed by atoms with Crippen LogP contribution in [0.3, 0.4) is 0 Å². The first-order valence-corrected chi connectivity index (χ1v) is 19.5. The van der Waals surface area contributed by atoms with Crippen molar-refractivity contribution in [1.82, 2.24) is 0 Å². The molecule has 9 heteroatoms. The van der Waals surface area contributed by atoms with Crippen LogP contribution in [0.1, 0.15) is 72.9 Å². The van der Waals surface area contributed by atoms with Crippen molar-refractivity contribution in [3.8, 4) is 12.1 Å². The molecule has 1 amide bonds. The molecule has 0 aliphatic heterocycles. The minimum atomic E-state index is -0.641. The highest BCUT2D eigenvalue weighted by Gasteiger charge is 2.17. The predicted molar refractivity (Wildman–Crippen MR) is 225 cm³/mol. The molecule has 282 valence electrons. The van der Waals surface area contributed by atoms with E-state index in [4.69, 9.17) is 20.0 Å². The van der Waals surface area contributed by atoms with Crippen molar-refractivity contribution >= 4 is 47.3 Å². The van der Waals surface area contributed by atoms with Crippen molar-refractivity contribution in [3.63, 3.8) is 0 Å². The number of ether oxygens (including phenoxy) is 2. The lowest BCUT2D eigenvalue weighted by Gasteiger charge is -2.15. The van der Waals surface area contributed by atoms with Gasteiger partial charge in [-0.15, -0.1) is 13.2 Å². The van der Waals surface area contributed by atoms with Gasteiger partial charge < -0.3 is 9.47 Å². The number of esters is 1. The van der Waals surface area contributed by atoms with Gasteiger partial charge in [0.05, 0.1) is 23.0 Å². The third-order valence-electron chi connectivity index (χ3n) is 5.59. The fraction of sp³-hybridized carbons (Fsp3) is 0.429. The Morgan fingerprint density at radius 1 is 0.863 bits per heavy atom. The second-order valence-corrected chi connectivity index (χ2v) is 13.5. The van der Waals surface area contributed by atoms with Gasteiger partial charge in [-0.1, -0.05) is 94.6 Å². The number of amides is 1. The van der Waals surface area contributed by atoms with Crippen LogP contribution >= 0.6 is 23.5 Å². The number of allylic oxidation sites excluding steroid dienone is 1.